The lowest BCUT2D eigenvalue weighted by atomic mass is 10.2. The van der Waals surface area contributed by atoms with Crippen molar-refractivity contribution in [1.29, 1.82) is 0 Å². The van der Waals surface area contributed by atoms with E-state index in [0.29, 0.717) is 0 Å². The van der Waals surface area contributed by atoms with Crippen molar-refractivity contribution in [2.45, 2.75) is 24.4 Å². The molecular weight excluding hydrogens is 464 g/mol. The predicted octanol–water partition coefficient (Wildman–Crippen LogP) is -3.28. The van der Waals surface area contributed by atoms with Crippen molar-refractivity contribution in [2.24, 2.45) is 0 Å². The molecule has 1 aliphatic heterocycles. The molecule has 29 heavy (non-hydrogen) atoms. The van der Waals surface area contributed by atoms with E-state index in [4.69, 9.17) is 14.2 Å². The van der Waals surface area contributed by atoms with Gasteiger partial charge < -0.3 is 24.4 Å². The van der Waals surface area contributed by atoms with E-state index in [1.807, 2.05) is 0 Å². The van der Waals surface area contributed by atoms with Gasteiger partial charge in [-0.25, -0.2) is 0 Å². The van der Waals surface area contributed by atoms with Crippen molar-refractivity contribution < 1.29 is 62.2 Å². The van der Waals surface area contributed by atoms with Crippen molar-refractivity contribution >= 4 is 30.4 Å². The van der Waals surface area contributed by atoms with E-state index >= 15 is 0 Å². The normalized spacial score (nSPS) is 23.2. The highest BCUT2D eigenvalue weighted by Crippen LogP contribution is 2.15. The fraction of sp³-hybridized carbons (Fsp3) is 1.00. The predicted molar refractivity (Wildman–Crippen MR) is 93.9 cm³/mol. The zero-order valence-corrected chi connectivity index (χ0v) is 18.0. The van der Waals surface area contributed by atoms with E-state index in [-0.39, 0.29) is 20.0 Å². The minimum Gasteiger partial charge on any atom is -0.388 e. The summed E-state index contributed by atoms with van der Waals surface area (Å²) < 4.78 is 95.6. The Bertz CT molecular complexity index is 805. The summed E-state index contributed by atoms with van der Waals surface area (Å²) in [5.74, 6) is -0.935. The summed E-state index contributed by atoms with van der Waals surface area (Å²) in [7, 11) is -11.8. The maximum atomic E-state index is 11.7. The van der Waals surface area contributed by atoms with E-state index in [0.717, 1.165) is 12.5 Å². The highest BCUT2D eigenvalue weighted by Gasteiger charge is 2.31. The molecule has 0 bridgehead atoms. The third-order valence-electron chi connectivity index (χ3n) is 3.25. The van der Waals surface area contributed by atoms with Crippen molar-refractivity contribution in [3.8, 4) is 0 Å². The lowest BCUT2D eigenvalue weighted by molar-refractivity contribution is -0.0279. The fourth-order valence-corrected chi connectivity index (χ4v) is 3.30. The molecule has 1 rings (SSSR count). The maximum absolute atomic E-state index is 11.7. The average molecular weight is 489 g/mol. The van der Waals surface area contributed by atoms with Gasteiger partial charge in [-0.05, 0) is 0 Å². The Kier molecular flexibility index (Phi) is 10.3. The van der Waals surface area contributed by atoms with E-state index in [2.05, 4.69) is 12.5 Å². The van der Waals surface area contributed by atoms with Gasteiger partial charge in [-0.1, -0.05) is 0 Å². The van der Waals surface area contributed by atoms with Crippen LogP contribution in [0.1, 0.15) is 0 Å². The second-order valence-corrected chi connectivity index (χ2v) is 10.8. The molecule has 0 aromatic heterocycles. The molecule has 17 heteroatoms. The van der Waals surface area contributed by atoms with Crippen LogP contribution in [0, 0.1) is 0 Å². The molecule has 1 fully saturated rings. The van der Waals surface area contributed by atoms with Gasteiger partial charge in [0.15, 0.2) is 5.94 Å². The molecule has 4 atom stereocenters. The van der Waals surface area contributed by atoms with Gasteiger partial charge in [0.25, 0.3) is 30.4 Å². The molecular formula is C12H24O14S3. The van der Waals surface area contributed by atoms with Crippen LogP contribution in [0.3, 0.4) is 0 Å². The van der Waals surface area contributed by atoms with Gasteiger partial charge in [-0.3, -0.25) is 12.5 Å². The Balaban J connectivity index is 2.35. The van der Waals surface area contributed by atoms with Gasteiger partial charge >= 0.3 is 0 Å². The topological polar surface area (TPSA) is 198 Å². The minimum absolute atomic E-state index is 0.158. The standard InChI is InChI=1S/C12H24O14S3/c1-27(15,16)24-3-9(13)10(14)4-26-29(19,20)8-21-5-11-12(23-7-22-11)6-25-28(2,17)18/h9-14H,3-8H2,1-2H3/t9-,10-,11-,12-/m1/s1. The van der Waals surface area contributed by atoms with Crippen LogP contribution < -0.4 is 0 Å². The molecule has 174 valence electrons. The second kappa shape index (κ2) is 11.2. The second-order valence-electron chi connectivity index (χ2n) is 5.97. The zero-order chi connectivity index (χ0) is 22.3. The highest BCUT2D eigenvalue weighted by atomic mass is 32.2. The van der Waals surface area contributed by atoms with Crippen LogP contribution in [-0.4, -0.2) is 112 Å². The molecule has 1 saturated heterocycles. The SMILES string of the molecule is CS(=O)(=O)OC[C@@H](O)[C@H](O)COS(=O)(=O)COC[C@H]1OCO[C@@H]1COS(C)(=O)=O. The van der Waals surface area contributed by atoms with Crippen LogP contribution in [0.15, 0.2) is 0 Å². The van der Waals surface area contributed by atoms with E-state index in [1.165, 1.54) is 0 Å². The quantitative estimate of drug-likeness (QED) is 0.231. The van der Waals surface area contributed by atoms with Crippen molar-refractivity contribution in [3.63, 3.8) is 0 Å². The highest BCUT2D eigenvalue weighted by molar-refractivity contribution is 7.86. The first-order valence-electron chi connectivity index (χ1n) is 7.91. The molecule has 0 radical (unpaired) electrons. The molecule has 0 unspecified atom stereocenters. The Morgan fingerprint density at radius 1 is 0.828 bits per heavy atom. The molecule has 1 aliphatic rings. The van der Waals surface area contributed by atoms with Crippen LogP contribution >= 0.6 is 0 Å². The van der Waals surface area contributed by atoms with Crippen LogP contribution in [0.5, 0.6) is 0 Å². The lowest BCUT2D eigenvalue weighted by Gasteiger charge is -2.18. The molecule has 0 aliphatic carbocycles. The first-order chi connectivity index (χ1) is 13.2. The van der Waals surface area contributed by atoms with Gasteiger partial charge in [-0.15, -0.1) is 0 Å². The van der Waals surface area contributed by atoms with Crippen LogP contribution in [0.2, 0.25) is 0 Å². The summed E-state index contributed by atoms with van der Waals surface area (Å²) in [5.41, 5.74) is 0. The minimum atomic E-state index is -4.27. The number of ether oxygens (including phenoxy) is 3. The third kappa shape index (κ3) is 12.1. The number of hydrogen-bond acceptors (Lipinski definition) is 14. The largest absolute Gasteiger partial charge is 0.388 e. The number of hydrogen-bond donors (Lipinski definition) is 2. The summed E-state index contributed by atoms with van der Waals surface area (Å²) in [4.78, 5) is 0. The summed E-state index contributed by atoms with van der Waals surface area (Å²) in [6, 6.07) is 0. The number of aliphatic hydroxyl groups is 2. The molecule has 14 nitrogen and oxygen atoms in total. The summed E-state index contributed by atoms with van der Waals surface area (Å²) in [5, 5.41) is 19.1. The lowest BCUT2D eigenvalue weighted by Crippen LogP contribution is -2.36. The average Bonchev–Trinajstić information content (AvgIpc) is 3.02. The number of aliphatic hydroxyl groups excluding tert-OH is 2. The number of rotatable bonds is 14. The Labute approximate surface area is 169 Å². The molecule has 2 N–H and O–H groups in total. The Morgan fingerprint density at radius 2 is 1.31 bits per heavy atom. The van der Waals surface area contributed by atoms with Crippen LogP contribution in [-0.2, 0) is 57.1 Å². The smallest absolute Gasteiger partial charge is 0.291 e. The van der Waals surface area contributed by atoms with Gasteiger partial charge in [0.05, 0.1) is 38.9 Å². The van der Waals surface area contributed by atoms with Crippen molar-refractivity contribution in [3.05, 3.63) is 0 Å². The molecule has 0 spiro atoms. The van der Waals surface area contributed by atoms with Gasteiger partial charge in [0, 0.05) is 0 Å². The zero-order valence-electron chi connectivity index (χ0n) is 15.6. The Hall–Kier alpha value is -0.470. The fourth-order valence-electron chi connectivity index (χ4n) is 1.82. The van der Waals surface area contributed by atoms with Gasteiger partial charge in [-0.2, -0.15) is 25.3 Å². The van der Waals surface area contributed by atoms with Gasteiger partial charge in [0.2, 0.25) is 0 Å². The summed E-state index contributed by atoms with van der Waals surface area (Å²) in [6.07, 6.45) is -3.43. The molecule has 0 aromatic carbocycles. The van der Waals surface area contributed by atoms with Crippen molar-refractivity contribution in [1.82, 2.24) is 0 Å². The summed E-state index contributed by atoms with van der Waals surface area (Å²) in [6.45, 7) is -2.43. The van der Waals surface area contributed by atoms with E-state index in [1.54, 1.807) is 0 Å². The first-order valence-corrected chi connectivity index (χ1v) is 13.1. The maximum Gasteiger partial charge on any atom is 0.291 e. The monoisotopic (exact) mass is 488 g/mol. The molecule has 0 saturated carbocycles. The summed E-state index contributed by atoms with van der Waals surface area (Å²) >= 11 is 0. The van der Waals surface area contributed by atoms with E-state index < -0.39 is 73.9 Å². The van der Waals surface area contributed by atoms with E-state index in [9.17, 15) is 35.5 Å². The Morgan fingerprint density at radius 3 is 1.83 bits per heavy atom. The third-order valence-corrected chi connectivity index (χ3v) is 5.33. The first kappa shape index (κ1) is 26.6. The van der Waals surface area contributed by atoms with Crippen molar-refractivity contribution in [2.75, 3.05) is 51.7 Å². The van der Waals surface area contributed by atoms with Crippen LogP contribution in [0.25, 0.3) is 0 Å². The van der Waals surface area contributed by atoms with Crippen LogP contribution in [0.4, 0.5) is 0 Å². The molecule has 0 aromatic rings. The van der Waals surface area contributed by atoms with Gasteiger partial charge in [0.1, 0.15) is 31.2 Å². The molecule has 0 amide bonds. The molecule has 1 heterocycles.